The van der Waals surface area contributed by atoms with E-state index < -0.39 is 0 Å². The van der Waals surface area contributed by atoms with Crippen molar-refractivity contribution >= 4 is 5.91 Å². The van der Waals surface area contributed by atoms with Gasteiger partial charge in [0.2, 0.25) is 5.56 Å². The van der Waals surface area contributed by atoms with E-state index in [9.17, 15) is 14.4 Å². The van der Waals surface area contributed by atoms with Crippen LogP contribution in [-0.4, -0.2) is 36.5 Å². The molecule has 1 amide bonds. The SMILES string of the molecule is Cc1cc(C)n(-c2ccc(=O)n(C3CCC(NC(=O)c4cc[nH]c(=O)c4)CC3)n2)n1. The predicted octanol–water partition coefficient (Wildman–Crippen LogP) is 1.65. The van der Waals surface area contributed by atoms with Gasteiger partial charge >= 0.3 is 0 Å². The summed E-state index contributed by atoms with van der Waals surface area (Å²) in [6.45, 7) is 3.87. The fourth-order valence-electron chi connectivity index (χ4n) is 3.97. The minimum Gasteiger partial charge on any atom is -0.349 e. The number of carbonyl (C=O) groups is 1. The maximum absolute atomic E-state index is 12.4. The van der Waals surface area contributed by atoms with E-state index in [-0.39, 0.29) is 29.1 Å². The molecule has 1 aliphatic carbocycles. The van der Waals surface area contributed by atoms with E-state index in [1.807, 2.05) is 19.9 Å². The van der Waals surface area contributed by atoms with Crippen LogP contribution in [0.3, 0.4) is 0 Å². The molecule has 0 aromatic carbocycles. The third-order valence-corrected chi connectivity index (χ3v) is 5.45. The quantitative estimate of drug-likeness (QED) is 0.681. The molecule has 0 spiro atoms. The molecule has 9 nitrogen and oxygen atoms in total. The number of nitrogens with zero attached hydrogens (tertiary/aromatic N) is 4. The number of pyridine rings is 1. The highest BCUT2D eigenvalue weighted by Crippen LogP contribution is 2.27. The Bertz CT molecular complexity index is 1180. The standard InChI is InChI=1S/C21H24N6O3/c1-13-11-14(2)26(24-13)18-7-8-20(29)27(25-18)17-5-3-16(4-6-17)23-21(30)15-9-10-22-19(28)12-15/h7-12,16-17H,3-6H2,1-2H3,(H,22,28)(H,23,30). The maximum Gasteiger partial charge on any atom is 0.267 e. The first-order valence-corrected chi connectivity index (χ1v) is 10.0. The molecule has 0 radical (unpaired) electrons. The van der Waals surface area contributed by atoms with Crippen molar-refractivity contribution in [3.05, 3.63) is 74.2 Å². The highest BCUT2D eigenvalue weighted by Gasteiger charge is 2.25. The zero-order valence-corrected chi connectivity index (χ0v) is 17.0. The van der Waals surface area contributed by atoms with Crippen molar-refractivity contribution in [2.24, 2.45) is 0 Å². The second-order valence-corrected chi connectivity index (χ2v) is 7.73. The molecule has 3 heterocycles. The lowest BCUT2D eigenvalue weighted by molar-refractivity contribution is 0.0921. The highest BCUT2D eigenvalue weighted by atomic mass is 16.2. The zero-order valence-electron chi connectivity index (χ0n) is 17.0. The fraction of sp³-hybridized carbons (Fsp3) is 0.381. The van der Waals surface area contributed by atoms with Gasteiger partial charge in [-0.15, -0.1) is 5.10 Å². The van der Waals surface area contributed by atoms with Gasteiger partial charge in [0.1, 0.15) is 0 Å². The van der Waals surface area contributed by atoms with Crippen LogP contribution in [-0.2, 0) is 0 Å². The number of aryl methyl sites for hydroxylation is 2. The fourth-order valence-corrected chi connectivity index (χ4v) is 3.97. The normalized spacial score (nSPS) is 18.9. The molecule has 30 heavy (non-hydrogen) atoms. The van der Waals surface area contributed by atoms with Gasteiger partial charge < -0.3 is 10.3 Å². The molecule has 2 N–H and O–H groups in total. The first kappa shape index (κ1) is 19.8. The zero-order chi connectivity index (χ0) is 21.3. The summed E-state index contributed by atoms with van der Waals surface area (Å²) in [5.74, 6) is 0.358. The van der Waals surface area contributed by atoms with Crippen molar-refractivity contribution < 1.29 is 4.79 Å². The van der Waals surface area contributed by atoms with Crippen molar-refractivity contribution in [3.63, 3.8) is 0 Å². The first-order chi connectivity index (χ1) is 14.4. The van der Waals surface area contributed by atoms with E-state index in [4.69, 9.17) is 0 Å². The van der Waals surface area contributed by atoms with E-state index in [0.717, 1.165) is 37.1 Å². The molecule has 0 unspecified atom stereocenters. The van der Waals surface area contributed by atoms with Crippen LogP contribution in [0.2, 0.25) is 0 Å². The van der Waals surface area contributed by atoms with Crippen molar-refractivity contribution in [2.45, 2.75) is 51.6 Å². The summed E-state index contributed by atoms with van der Waals surface area (Å²) in [5.41, 5.74) is 1.74. The minimum absolute atomic E-state index is 0.00271. The van der Waals surface area contributed by atoms with E-state index in [2.05, 4.69) is 20.5 Å². The molecule has 9 heteroatoms. The topological polar surface area (TPSA) is 115 Å². The Morgan fingerprint density at radius 3 is 2.50 bits per heavy atom. The van der Waals surface area contributed by atoms with Crippen molar-refractivity contribution in [1.82, 2.24) is 29.9 Å². The Hall–Kier alpha value is -3.49. The highest BCUT2D eigenvalue weighted by molar-refractivity contribution is 5.94. The van der Waals surface area contributed by atoms with E-state index in [1.54, 1.807) is 21.5 Å². The number of H-pyrrole nitrogens is 1. The predicted molar refractivity (Wildman–Crippen MR) is 111 cm³/mol. The maximum atomic E-state index is 12.4. The average molecular weight is 408 g/mol. The lowest BCUT2D eigenvalue weighted by atomic mass is 9.91. The number of aromatic nitrogens is 5. The van der Waals surface area contributed by atoms with E-state index in [0.29, 0.717) is 11.4 Å². The summed E-state index contributed by atoms with van der Waals surface area (Å²) in [4.78, 5) is 38.7. The Morgan fingerprint density at radius 1 is 1.07 bits per heavy atom. The average Bonchev–Trinajstić information content (AvgIpc) is 3.07. The molecule has 0 atom stereocenters. The van der Waals surface area contributed by atoms with E-state index in [1.165, 1.54) is 18.3 Å². The van der Waals surface area contributed by atoms with Crippen LogP contribution in [0.4, 0.5) is 0 Å². The Kier molecular flexibility index (Phi) is 5.35. The largest absolute Gasteiger partial charge is 0.349 e. The van der Waals surface area contributed by atoms with Gasteiger partial charge in [-0.25, -0.2) is 9.36 Å². The van der Waals surface area contributed by atoms with Gasteiger partial charge in [0, 0.05) is 35.6 Å². The Balaban J connectivity index is 1.44. The van der Waals surface area contributed by atoms with Gasteiger partial charge in [0.25, 0.3) is 11.5 Å². The van der Waals surface area contributed by atoms with Gasteiger partial charge in [0.05, 0.1) is 11.7 Å². The van der Waals surface area contributed by atoms with Crippen LogP contribution >= 0.6 is 0 Å². The van der Waals surface area contributed by atoms with Crippen LogP contribution in [0.25, 0.3) is 5.82 Å². The summed E-state index contributed by atoms with van der Waals surface area (Å²) in [7, 11) is 0. The van der Waals surface area contributed by atoms with E-state index >= 15 is 0 Å². The Morgan fingerprint density at radius 2 is 1.83 bits per heavy atom. The molecule has 3 aromatic heterocycles. The molecule has 3 aromatic rings. The summed E-state index contributed by atoms with van der Waals surface area (Å²) < 4.78 is 3.28. The minimum atomic E-state index is -0.306. The van der Waals surface area contributed by atoms with Crippen molar-refractivity contribution in [1.29, 1.82) is 0 Å². The number of hydrogen-bond donors (Lipinski definition) is 2. The second-order valence-electron chi connectivity index (χ2n) is 7.73. The molecule has 156 valence electrons. The van der Waals surface area contributed by atoms with Gasteiger partial charge in [-0.2, -0.15) is 5.10 Å². The summed E-state index contributed by atoms with van der Waals surface area (Å²) >= 11 is 0. The molecule has 1 fully saturated rings. The lowest BCUT2D eigenvalue weighted by Gasteiger charge is -2.29. The van der Waals surface area contributed by atoms with Gasteiger partial charge in [-0.3, -0.25) is 14.4 Å². The molecule has 0 aliphatic heterocycles. The molecule has 4 rings (SSSR count). The number of hydrogen-bond acceptors (Lipinski definition) is 5. The molecule has 1 saturated carbocycles. The molecular weight excluding hydrogens is 384 g/mol. The summed E-state index contributed by atoms with van der Waals surface area (Å²) in [5, 5.41) is 12.0. The van der Waals surface area contributed by atoms with Crippen molar-refractivity contribution in [2.75, 3.05) is 0 Å². The number of rotatable bonds is 4. The van der Waals surface area contributed by atoms with Crippen LogP contribution in [0.1, 0.15) is 53.5 Å². The monoisotopic (exact) mass is 408 g/mol. The van der Waals surface area contributed by atoms with Gasteiger partial charge in [0.15, 0.2) is 5.82 Å². The number of nitrogens with one attached hydrogen (secondary N) is 2. The van der Waals surface area contributed by atoms with Gasteiger partial charge in [-0.1, -0.05) is 0 Å². The van der Waals surface area contributed by atoms with Crippen LogP contribution in [0, 0.1) is 13.8 Å². The molecule has 0 bridgehead atoms. The third kappa shape index (κ3) is 4.10. The van der Waals surface area contributed by atoms with Crippen LogP contribution in [0.15, 0.2) is 46.1 Å². The number of aromatic amines is 1. The van der Waals surface area contributed by atoms with Crippen molar-refractivity contribution in [3.8, 4) is 5.82 Å². The lowest BCUT2D eigenvalue weighted by Crippen LogP contribution is -2.40. The first-order valence-electron chi connectivity index (χ1n) is 10.0. The number of carbonyl (C=O) groups excluding carboxylic acids is 1. The smallest absolute Gasteiger partial charge is 0.267 e. The molecule has 0 saturated heterocycles. The Labute approximate surface area is 172 Å². The molecule has 1 aliphatic rings. The van der Waals surface area contributed by atoms with Crippen LogP contribution < -0.4 is 16.4 Å². The summed E-state index contributed by atoms with van der Waals surface area (Å²) in [6, 6.07) is 8.02. The molecular formula is C21H24N6O3. The number of amides is 1. The van der Waals surface area contributed by atoms with Crippen LogP contribution in [0.5, 0.6) is 0 Å². The summed E-state index contributed by atoms with van der Waals surface area (Å²) in [6.07, 6.45) is 4.39. The van der Waals surface area contributed by atoms with Gasteiger partial charge in [-0.05, 0) is 57.7 Å². The second kappa shape index (κ2) is 8.10. The third-order valence-electron chi connectivity index (χ3n) is 5.45.